The van der Waals surface area contributed by atoms with Crippen molar-refractivity contribution in [2.45, 2.75) is 77.5 Å². The first kappa shape index (κ1) is 25.5. The zero-order valence-electron chi connectivity index (χ0n) is 22.5. The maximum atomic E-state index is 13.2. The molecule has 0 unspecified atom stereocenters. The number of hydrogen-bond acceptors (Lipinski definition) is 6. The fraction of sp³-hybridized carbons (Fsp3) is 0.567. The molecule has 3 heterocycles. The van der Waals surface area contributed by atoms with Crippen LogP contribution in [-0.4, -0.2) is 53.7 Å². The average molecular weight is 503 g/mol. The lowest BCUT2D eigenvalue weighted by atomic mass is 9.87. The Balaban J connectivity index is 1.36. The molecule has 5 rings (SSSR count). The first-order valence-electron chi connectivity index (χ1n) is 13.6. The summed E-state index contributed by atoms with van der Waals surface area (Å²) in [5.74, 6) is 2.44. The number of anilines is 1. The van der Waals surface area contributed by atoms with Crippen molar-refractivity contribution in [1.29, 1.82) is 5.26 Å². The summed E-state index contributed by atoms with van der Waals surface area (Å²) in [5.41, 5.74) is 3.76. The molecule has 2 aromatic rings. The molecule has 1 amide bonds. The Labute approximate surface area is 220 Å². The highest BCUT2D eigenvalue weighted by Crippen LogP contribution is 2.46. The van der Waals surface area contributed by atoms with Crippen molar-refractivity contribution >= 4 is 11.7 Å². The average Bonchev–Trinajstić information content (AvgIpc) is 3.73. The predicted octanol–water partition coefficient (Wildman–Crippen LogP) is 4.82. The summed E-state index contributed by atoms with van der Waals surface area (Å²) in [7, 11) is 0. The molecular formula is C30H38N4O3. The molecule has 1 atom stereocenters. The summed E-state index contributed by atoms with van der Waals surface area (Å²) in [6.07, 6.45) is 3.36. The number of ether oxygens (including phenoxy) is 2. The minimum atomic E-state index is -0.300. The third-order valence-electron chi connectivity index (χ3n) is 7.85. The molecule has 1 saturated heterocycles. The Morgan fingerprint density at radius 3 is 2.65 bits per heavy atom. The molecule has 2 aliphatic heterocycles. The van der Waals surface area contributed by atoms with Crippen LogP contribution in [0.1, 0.15) is 75.3 Å². The Hall–Kier alpha value is -3.11. The number of aromatic nitrogens is 1. The van der Waals surface area contributed by atoms with E-state index in [1.54, 1.807) is 0 Å². The second kappa shape index (κ2) is 10.3. The van der Waals surface area contributed by atoms with Crippen LogP contribution in [0.2, 0.25) is 0 Å². The number of hydrogen-bond donors (Lipinski definition) is 0. The van der Waals surface area contributed by atoms with Gasteiger partial charge in [0.1, 0.15) is 17.6 Å². The number of nitrogens with zero attached hydrogens (tertiary/aromatic N) is 4. The molecule has 0 radical (unpaired) electrons. The number of pyridine rings is 1. The zero-order chi connectivity index (χ0) is 26.2. The lowest BCUT2D eigenvalue weighted by molar-refractivity contribution is -0.135. The van der Waals surface area contributed by atoms with Crippen LogP contribution in [0.4, 0.5) is 5.82 Å². The summed E-state index contributed by atoms with van der Waals surface area (Å²) >= 11 is 0. The van der Waals surface area contributed by atoms with E-state index >= 15 is 0 Å². The Morgan fingerprint density at radius 1 is 1.22 bits per heavy atom. The zero-order valence-corrected chi connectivity index (χ0v) is 22.5. The van der Waals surface area contributed by atoms with Gasteiger partial charge in [-0.2, -0.15) is 5.26 Å². The molecule has 0 spiro atoms. The van der Waals surface area contributed by atoms with Gasteiger partial charge in [0.2, 0.25) is 5.91 Å². The minimum absolute atomic E-state index is 0.0477. The minimum Gasteiger partial charge on any atom is -0.493 e. The molecule has 1 aliphatic carbocycles. The number of carbonyl (C=O) groups is 1. The quantitative estimate of drug-likeness (QED) is 0.540. The maximum absolute atomic E-state index is 13.2. The van der Waals surface area contributed by atoms with Crippen molar-refractivity contribution in [2.75, 3.05) is 31.1 Å². The van der Waals surface area contributed by atoms with E-state index in [9.17, 15) is 10.1 Å². The molecular weight excluding hydrogens is 464 g/mol. The van der Waals surface area contributed by atoms with Crippen molar-refractivity contribution in [3.63, 3.8) is 0 Å². The van der Waals surface area contributed by atoms with Gasteiger partial charge < -0.3 is 19.3 Å². The van der Waals surface area contributed by atoms with E-state index in [2.05, 4.69) is 38.7 Å². The highest BCUT2D eigenvalue weighted by molar-refractivity contribution is 5.77. The number of rotatable bonds is 7. The van der Waals surface area contributed by atoms with Gasteiger partial charge in [0.15, 0.2) is 0 Å². The van der Waals surface area contributed by atoms with Crippen molar-refractivity contribution in [3.8, 4) is 11.8 Å². The van der Waals surface area contributed by atoms with Gasteiger partial charge >= 0.3 is 0 Å². The fourth-order valence-electron chi connectivity index (χ4n) is 5.62. The number of carbonyl (C=O) groups excluding carboxylic acids is 1. The standard InChI is InChI=1S/C30H38N4O3/c1-20(2)26-18-33(13-14-34(26)27(35)12-15-36-22-8-6-5-7-9-22)29-24(17-31)23-16-30(3,4)37-19-25(23)28(32-29)21-10-11-21/h5-9,20-21,26H,10-16,18-19H2,1-4H3/t26-/m0/s1. The Kier molecular flexibility index (Phi) is 7.13. The van der Waals surface area contributed by atoms with E-state index in [1.807, 2.05) is 35.2 Å². The smallest absolute Gasteiger partial charge is 0.226 e. The third-order valence-corrected chi connectivity index (χ3v) is 7.85. The molecule has 3 aliphatic rings. The van der Waals surface area contributed by atoms with Crippen LogP contribution in [0.15, 0.2) is 30.3 Å². The molecule has 37 heavy (non-hydrogen) atoms. The third kappa shape index (κ3) is 5.45. The van der Waals surface area contributed by atoms with Gasteiger partial charge in [-0.1, -0.05) is 32.0 Å². The highest BCUT2D eigenvalue weighted by Gasteiger charge is 2.39. The molecule has 7 heteroatoms. The second-order valence-corrected chi connectivity index (χ2v) is 11.5. The van der Waals surface area contributed by atoms with Crippen LogP contribution >= 0.6 is 0 Å². The van der Waals surface area contributed by atoms with Crippen molar-refractivity contribution < 1.29 is 14.3 Å². The lowest BCUT2D eigenvalue weighted by Gasteiger charge is -2.44. The van der Waals surface area contributed by atoms with Gasteiger partial charge in [0.25, 0.3) is 0 Å². The fourth-order valence-corrected chi connectivity index (χ4v) is 5.62. The number of amides is 1. The molecule has 7 nitrogen and oxygen atoms in total. The van der Waals surface area contributed by atoms with Crippen LogP contribution in [-0.2, 0) is 22.6 Å². The van der Waals surface area contributed by atoms with Crippen LogP contribution in [0.5, 0.6) is 5.75 Å². The number of benzene rings is 1. The number of para-hydroxylation sites is 1. The van der Waals surface area contributed by atoms with E-state index in [4.69, 9.17) is 14.5 Å². The topological polar surface area (TPSA) is 78.7 Å². The number of nitriles is 1. The first-order chi connectivity index (χ1) is 17.8. The largest absolute Gasteiger partial charge is 0.493 e. The van der Waals surface area contributed by atoms with E-state index in [1.165, 1.54) is 0 Å². The number of fused-ring (bicyclic) bond motifs is 1. The maximum Gasteiger partial charge on any atom is 0.226 e. The van der Waals surface area contributed by atoms with Gasteiger partial charge in [-0.25, -0.2) is 4.98 Å². The van der Waals surface area contributed by atoms with Gasteiger partial charge in [0.05, 0.1) is 42.5 Å². The summed E-state index contributed by atoms with van der Waals surface area (Å²) in [4.78, 5) is 22.6. The van der Waals surface area contributed by atoms with Crippen LogP contribution in [0.3, 0.4) is 0 Å². The molecule has 196 valence electrons. The predicted molar refractivity (Wildman–Crippen MR) is 143 cm³/mol. The van der Waals surface area contributed by atoms with Crippen molar-refractivity contribution in [2.24, 2.45) is 5.92 Å². The highest BCUT2D eigenvalue weighted by atomic mass is 16.5. The molecule has 0 N–H and O–H groups in total. The summed E-state index contributed by atoms with van der Waals surface area (Å²) in [6, 6.07) is 12.2. The Bertz CT molecular complexity index is 1180. The van der Waals surface area contributed by atoms with Crippen LogP contribution in [0, 0.1) is 17.2 Å². The summed E-state index contributed by atoms with van der Waals surface area (Å²) in [6.45, 7) is 11.4. The summed E-state index contributed by atoms with van der Waals surface area (Å²) in [5, 5.41) is 10.3. The van der Waals surface area contributed by atoms with Crippen molar-refractivity contribution in [1.82, 2.24) is 9.88 Å². The number of piperazine rings is 1. The SMILES string of the molecule is CC(C)[C@@H]1CN(c2nc(C3CC3)c3c(c2C#N)CC(C)(C)OC3)CCN1C(=O)CCOc1ccccc1. The Morgan fingerprint density at radius 2 is 1.97 bits per heavy atom. The molecule has 2 fully saturated rings. The van der Waals surface area contributed by atoms with Gasteiger partial charge in [-0.05, 0) is 50.3 Å². The van der Waals surface area contributed by atoms with Crippen LogP contribution in [0.25, 0.3) is 0 Å². The van der Waals surface area contributed by atoms with E-state index in [-0.39, 0.29) is 23.5 Å². The molecule has 1 saturated carbocycles. The van der Waals surface area contributed by atoms with Gasteiger partial charge in [-0.15, -0.1) is 0 Å². The first-order valence-corrected chi connectivity index (χ1v) is 13.6. The molecule has 1 aromatic heterocycles. The lowest BCUT2D eigenvalue weighted by Crippen LogP contribution is -2.57. The van der Waals surface area contributed by atoms with Gasteiger partial charge in [0, 0.05) is 37.5 Å². The van der Waals surface area contributed by atoms with Crippen LogP contribution < -0.4 is 9.64 Å². The van der Waals surface area contributed by atoms with Crippen molar-refractivity contribution in [3.05, 3.63) is 52.7 Å². The van der Waals surface area contributed by atoms with Gasteiger partial charge in [-0.3, -0.25) is 4.79 Å². The molecule has 1 aromatic carbocycles. The van der Waals surface area contributed by atoms with E-state index in [0.29, 0.717) is 57.2 Å². The van der Waals surface area contributed by atoms with E-state index in [0.717, 1.165) is 41.2 Å². The second-order valence-electron chi connectivity index (χ2n) is 11.5. The summed E-state index contributed by atoms with van der Waals surface area (Å²) < 4.78 is 11.9. The monoisotopic (exact) mass is 502 g/mol. The van der Waals surface area contributed by atoms with E-state index < -0.39 is 0 Å². The normalized spacial score (nSPS) is 20.9. The molecule has 0 bridgehead atoms.